The number of benzene rings is 2. The maximum atomic E-state index is 11.6. The van der Waals surface area contributed by atoms with Crippen molar-refractivity contribution in [2.45, 2.75) is 26.9 Å². The number of aryl methyl sites for hydroxylation is 1. The van der Waals surface area contributed by atoms with Crippen LogP contribution in [0, 0.1) is 6.92 Å². The van der Waals surface area contributed by atoms with Crippen molar-refractivity contribution in [2.75, 3.05) is 13.7 Å². The average Bonchev–Trinajstić information content (AvgIpc) is 2.62. The minimum atomic E-state index is -0.294. The van der Waals surface area contributed by atoms with Gasteiger partial charge in [-0.15, -0.1) is 24.0 Å². The fraction of sp³-hybridized carbons (Fsp3) is 0.300. The van der Waals surface area contributed by atoms with Crippen LogP contribution in [0.15, 0.2) is 53.5 Å². The van der Waals surface area contributed by atoms with E-state index in [1.54, 1.807) is 26.1 Å². The van der Waals surface area contributed by atoms with Crippen molar-refractivity contribution < 1.29 is 9.53 Å². The first-order valence-corrected chi connectivity index (χ1v) is 8.38. The lowest BCUT2D eigenvalue weighted by Gasteiger charge is -2.12. The lowest BCUT2D eigenvalue weighted by Crippen LogP contribution is -2.36. The normalized spacial score (nSPS) is 10.7. The highest BCUT2D eigenvalue weighted by Crippen LogP contribution is 2.06. The van der Waals surface area contributed by atoms with Gasteiger partial charge >= 0.3 is 5.97 Å². The Labute approximate surface area is 172 Å². The fourth-order valence-electron chi connectivity index (χ4n) is 2.39. The molecular formula is C20H26IN3O2. The third kappa shape index (κ3) is 7.03. The molecule has 2 aromatic carbocycles. The van der Waals surface area contributed by atoms with Crippen molar-refractivity contribution in [3.05, 3.63) is 70.8 Å². The van der Waals surface area contributed by atoms with Crippen LogP contribution >= 0.6 is 24.0 Å². The molecule has 2 N–H and O–H groups in total. The largest absolute Gasteiger partial charge is 0.462 e. The lowest BCUT2D eigenvalue weighted by atomic mass is 10.1. The molecule has 0 saturated carbocycles. The Morgan fingerprint density at radius 2 is 1.69 bits per heavy atom. The molecule has 2 aromatic rings. The van der Waals surface area contributed by atoms with Gasteiger partial charge in [-0.3, -0.25) is 4.99 Å². The summed E-state index contributed by atoms with van der Waals surface area (Å²) in [6.07, 6.45) is 0. The average molecular weight is 467 g/mol. The summed E-state index contributed by atoms with van der Waals surface area (Å²) < 4.78 is 4.98. The second-order valence-corrected chi connectivity index (χ2v) is 5.69. The van der Waals surface area contributed by atoms with E-state index in [0.717, 1.165) is 11.5 Å². The summed E-state index contributed by atoms with van der Waals surface area (Å²) in [4.78, 5) is 15.9. The molecular weight excluding hydrogens is 441 g/mol. The SMILES string of the molecule is CCOC(=O)c1ccc(CNC(=NC)NCc2cccc(C)c2)cc1.I. The molecule has 140 valence electrons. The second-order valence-electron chi connectivity index (χ2n) is 5.69. The maximum Gasteiger partial charge on any atom is 0.338 e. The smallest absolute Gasteiger partial charge is 0.338 e. The van der Waals surface area contributed by atoms with Crippen LogP contribution in [-0.4, -0.2) is 25.6 Å². The maximum absolute atomic E-state index is 11.6. The Morgan fingerprint density at radius 1 is 1.04 bits per heavy atom. The van der Waals surface area contributed by atoms with Crippen LogP contribution < -0.4 is 10.6 Å². The van der Waals surface area contributed by atoms with Gasteiger partial charge < -0.3 is 15.4 Å². The van der Waals surface area contributed by atoms with Crippen molar-refractivity contribution in [3.63, 3.8) is 0 Å². The number of carbonyl (C=O) groups is 1. The topological polar surface area (TPSA) is 62.7 Å². The van der Waals surface area contributed by atoms with Crippen LogP contribution in [0.5, 0.6) is 0 Å². The molecule has 0 unspecified atom stereocenters. The van der Waals surface area contributed by atoms with Gasteiger partial charge in [0.15, 0.2) is 5.96 Å². The van der Waals surface area contributed by atoms with Gasteiger partial charge in [-0.05, 0) is 37.1 Å². The molecule has 0 spiro atoms. The number of rotatable bonds is 6. The Balaban J connectivity index is 0.00000338. The molecule has 6 heteroatoms. The van der Waals surface area contributed by atoms with E-state index in [0.29, 0.717) is 25.3 Å². The lowest BCUT2D eigenvalue weighted by molar-refractivity contribution is 0.0526. The van der Waals surface area contributed by atoms with Gasteiger partial charge in [0.1, 0.15) is 0 Å². The van der Waals surface area contributed by atoms with E-state index in [-0.39, 0.29) is 29.9 Å². The zero-order chi connectivity index (χ0) is 18.1. The van der Waals surface area contributed by atoms with Crippen molar-refractivity contribution >= 4 is 35.9 Å². The van der Waals surface area contributed by atoms with Crippen LogP contribution in [0.2, 0.25) is 0 Å². The Bertz CT molecular complexity index is 730. The molecule has 0 atom stereocenters. The first-order valence-electron chi connectivity index (χ1n) is 8.38. The first-order chi connectivity index (χ1) is 12.1. The van der Waals surface area contributed by atoms with Gasteiger partial charge in [-0.25, -0.2) is 4.79 Å². The van der Waals surface area contributed by atoms with Crippen molar-refractivity contribution in [3.8, 4) is 0 Å². The number of aliphatic imine (C=N–C) groups is 1. The minimum absolute atomic E-state index is 0. The number of hydrogen-bond acceptors (Lipinski definition) is 3. The number of nitrogens with zero attached hydrogens (tertiary/aromatic N) is 1. The third-order valence-electron chi connectivity index (χ3n) is 3.69. The fourth-order valence-corrected chi connectivity index (χ4v) is 2.39. The molecule has 5 nitrogen and oxygen atoms in total. The van der Waals surface area contributed by atoms with Crippen molar-refractivity contribution in [2.24, 2.45) is 4.99 Å². The summed E-state index contributed by atoms with van der Waals surface area (Å²) in [7, 11) is 1.75. The van der Waals surface area contributed by atoms with E-state index < -0.39 is 0 Å². The van der Waals surface area contributed by atoms with Gasteiger partial charge in [0.05, 0.1) is 12.2 Å². The van der Waals surface area contributed by atoms with Crippen molar-refractivity contribution in [1.29, 1.82) is 0 Å². The van der Waals surface area contributed by atoms with Crippen LogP contribution in [0.25, 0.3) is 0 Å². The zero-order valence-corrected chi connectivity index (χ0v) is 17.7. The molecule has 0 amide bonds. The number of guanidine groups is 1. The number of esters is 1. The number of nitrogens with one attached hydrogen (secondary N) is 2. The molecule has 0 radical (unpaired) electrons. The first kappa shape index (κ1) is 22.0. The van der Waals surface area contributed by atoms with Crippen LogP contribution in [-0.2, 0) is 17.8 Å². The quantitative estimate of drug-likeness (QED) is 0.295. The molecule has 2 rings (SSSR count). The second kappa shape index (κ2) is 11.5. The third-order valence-corrected chi connectivity index (χ3v) is 3.69. The number of hydrogen-bond donors (Lipinski definition) is 2. The minimum Gasteiger partial charge on any atom is -0.462 e. The summed E-state index contributed by atoms with van der Waals surface area (Å²) in [6, 6.07) is 15.7. The molecule has 0 heterocycles. The Kier molecular flexibility index (Phi) is 9.72. The van der Waals surface area contributed by atoms with Crippen LogP contribution in [0.1, 0.15) is 34.0 Å². The van der Waals surface area contributed by atoms with E-state index in [4.69, 9.17) is 4.74 Å². The Morgan fingerprint density at radius 3 is 2.27 bits per heavy atom. The number of halogens is 1. The number of carbonyl (C=O) groups excluding carboxylic acids is 1. The molecule has 0 fully saturated rings. The van der Waals surface area contributed by atoms with Crippen LogP contribution in [0.3, 0.4) is 0 Å². The van der Waals surface area contributed by atoms with Gasteiger partial charge in [0.25, 0.3) is 0 Å². The number of ether oxygens (including phenoxy) is 1. The highest BCUT2D eigenvalue weighted by molar-refractivity contribution is 14.0. The Hall–Kier alpha value is -2.09. The zero-order valence-electron chi connectivity index (χ0n) is 15.4. The molecule has 0 aliphatic carbocycles. The van der Waals surface area contributed by atoms with Gasteiger partial charge in [0.2, 0.25) is 0 Å². The van der Waals surface area contributed by atoms with Gasteiger partial charge in [-0.1, -0.05) is 42.0 Å². The van der Waals surface area contributed by atoms with Crippen molar-refractivity contribution in [1.82, 2.24) is 10.6 Å². The molecule has 26 heavy (non-hydrogen) atoms. The monoisotopic (exact) mass is 467 g/mol. The summed E-state index contributed by atoms with van der Waals surface area (Å²) in [6.45, 7) is 5.59. The van der Waals surface area contributed by atoms with E-state index in [1.165, 1.54) is 11.1 Å². The predicted molar refractivity (Wildman–Crippen MR) is 116 cm³/mol. The van der Waals surface area contributed by atoms with E-state index in [1.807, 2.05) is 18.2 Å². The van der Waals surface area contributed by atoms with Gasteiger partial charge in [0, 0.05) is 20.1 Å². The van der Waals surface area contributed by atoms with E-state index in [9.17, 15) is 4.79 Å². The molecule has 0 aromatic heterocycles. The highest BCUT2D eigenvalue weighted by atomic mass is 127. The van der Waals surface area contributed by atoms with E-state index >= 15 is 0 Å². The predicted octanol–water partition coefficient (Wildman–Crippen LogP) is 3.65. The molecule has 0 bridgehead atoms. The summed E-state index contributed by atoms with van der Waals surface area (Å²) in [5.74, 6) is 0.439. The van der Waals surface area contributed by atoms with E-state index in [2.05, 4.69) is 40.7 Å². The van der Waals surface area contributed by atoms with Crippen LogP contribution in [0.4, 0.5) is 0 Å². The molecule has 0 aliphatic heterocycles. The summed E-state index contributed by atoms with van der Waals surface area (Å²) in [5, 5.41) is 6.56. The summed E-state index contributed by atoms with van der Waals surface area (Å²) in [5.41, 5.74) is 4.07. The highest BCUT2D eigenvalue weighted by Gasteiger charge is 2.06. The summed E-state index contributed by atoms with van der Waals surface area (Å²) >= 11 is 0. The molecule has 0 aliphatic rings. The standard InChI is InChI=1S/C20H25N3O2.HI/c1-4-25-19(24)18-10-8-16(9-11-18)13-22-20(21-3)23-14-17-7-5-6-15(2)12-17;/h5-12H,4,13-14H2,1-3H3,(H2,21,22,23);1H. The molecule has 0 saturated heterocycles. The van der Waals surface area contributed by atoms with Gasteiger partial charge in [-0.2, -0.15) is 0 Å².